The first-order valence-electron chi connectivity index (χ1n) is 18.0. The van der Waals surface area contributed by atoms with E-state index in [1.807, 2.05) is 0 Å². The Morgan fingerprint density at radius 2 is 0.900 bits per heavy atom. The molecule has 0 unspecified atom stereocenters. The number of fused-ring (bicyclic) bond motifs is 3. The summed E-state index contributed by atoms with van der Waals surface area (Å²) in [4.78, 5) is 0. The van der Waals surface area contributed by atoms with Crippen LogP contribution in [0.1, 0.15) is 41.0 Å². The maximum atomic E-state index is 2.36. The first kappa shape index (κ1) is 30.3. The standard InChI is InChI=1S/C50H40/c1-32-11-4-6-13-41(32)43-16-8-15-42(34(43)3)37-25-21-35(22-26-37)36-23-27-38(28-24-36)45-17-9-20-48(50(45)39-29-30-39)47-19-10-18-46-44-14-7-5-12-40(44)31-33(2)49(46)47/h4-28,31,39H,29-30H2,1-3H3. The lowest BCUT2D eigenvalue weighted by atomic mass is 9.85. The molecule has 1 aliphatic carbocycles. The van der Waals surface area contributed by atoms with Crippen LogP contribution in [-0.2, 0) is 0 Å². The predicted octanol–water partition coefficient (Wildman–Crippen LogP) is 14.1. The molecule has 0 saturated heterocycles. The van der Waals surface area contributed by atoms with E-state index in [-0.39, 0.29) is 0 Å². The van der Waals surface area contributed by atoms with Gasteiger partial charge in [0, 0.05) is 0 Å². The Balaban J connectivity index is 1.06. The first-order chi connectivity index (χ1) is 24.5. The molecule has 1 aliphatic rings. The minimum absolute atomic E-state index is 0.609. The molecule has 0 bridgehead atoms. The normalized spacial score (nSPS) is 12.9. The van der Waals surface area contributed by atoms with E-state index in [9.17, 15) is 0 Å². The van der Waals surface area contributed by atoms with Crippen LogP contribution in [0.15, 0.2) is 158 Å². The molecule has 0 heterocycles. The molecule has 0 radical (unpaired) electrons. The molecule has 1 saturated carbocycles. The number of aryl methyl sites for hydroxylation is 2. The van der Waals surface area contributed by atoms with E-state index in [2.05, 4.69) is 178 Å². The van der Waals surface area contributed by atoms with Gasteiger partial charge in [0.2, 0.25) is 0 Å². The Bertz CT molecular complexity index is 2540. The molecule has 0 spiro atoms. The number of hydrogen-bond acceptors (Lipinski definition) is 0. The third-order valence-electron chi connectivity index (χ3n) is 11.0. The lowest BCUT2D eigenvalue weighted by Gasteiger charge is -2.19. The van der Waals surface area contributed by atoms with Crippen molar-refractivity contribution in [1.29, 1.82) is 0 Å². The van der Waals surface area contributed by atoms with Gasteiger partial charge in [-0.25, -0.2) is 0 Å². The zero-order chi connectivity index (χ0) is 33.8. The van der Waals surface area contributed by atoms with Crippen molar-refractivity contribution in [2.75, 3.05) is 0 Å². The van der Waals surface area contributed by atoms with Crippen LogP contribution in [0.4, 0.5) is 0 Å². The maximum absolute atomic E-state index is 2.36. The summed E-state index contributed by atoms with van der Waals surface area (Å²) in [5.74, 6) is 0.609. The van der Waals surface area contributed by atoms with E-state index in [0.717, 1.165) is 0 Å². The zero-order valence-electron chi connectivity index (χ0n) is 29.0. The van der Waals surface area contributed by atoms with E-state index in [1.165, 1.54) is 112 Å². The van der Waals surface area contributed by atoms with Gasteiger partial charge in [-0.15, -0.1) is 0 Å². The molecule has 8 aromatic carbocycles. The van der Waals surface area contributed by atoms with Crippen LogP contribution in [0.2, 0.25) is 0 Å². The van der Waals surface area contributed by atoms with Crippen LogP contribution in [0.3, 0.4) is 0 Å². The molecule has 240 valence electrons. The van der Waals surface area contributed by atoms with Gasteiger partial charge >= 0.3 is 0 Å². The maximum Gasteiger partial charge on any atom is -0.00696 e. The van der Waals surface area contributed by atoms with Crippen LogP contribution >= 0.6 is 0 Å². The van der Waals surface area contributed by atoms with Crippen molar-refractivity contribution in [2.24, 2.45) is 0 Å². The average molecular weight is 641 g/mol. The number of hydrogen-bond donors (Lipinski definition) is 0. The topological polar surface area (TPSA) is 0 Å². The van der Waals surface area contributed by atoms with Crippen molar-refractivity contribution in [3.05, 3.63) is 180 Å². The van der Waals surface area contributed by atoms with Gasteiger partial charge in [0.05, 0.1) is 0 Å². The van der Waals surface area contributed by atoms with Crippen LogP contribution in [0, 0.1) is 20.8 Å². The number of benzene rings is 8. The second-order valence-corrected chi connectivity index (χ2v) is 14.1. The molecule has 0 nitrogen and oxygen atoms in total. The molecule has 9 rings (SSSR count). The van der Waals surface area contributed by atoms with Crippen LogP contribution < -0.4 is 0 Å². The second-order valence-electron chi connectivity index (χ2n) is 14.1. The SMILES string of the molecule is Cc1ccccc1-c1cccc(-c2ccc(-c3ccc(-c4cccc(-c5cccc6c5c(C)cc5ccccc56)c4C4CC4)cc3)cc2)c1C. The van der Waals surface area contributed by atoms with Crippen molar-refractivity contribution in [2.45, 2.75) is 39.5 Å². The van der Waals surface area contributed by atoms with E-state index in [4.69, 9.17) is 0 Å². The summed E-state index contributed by atoms with van der Waals surface area (Å²) in [5.41, 5.74) is 18.5. The zero-order valence-corrected chi connectivity index (χ0v) is 29.0. The third-order valence-corrected chi connectivity index (χ3v) is 11.0. The summed E-state index contributed by atoms with van der Waals surface area (Å²) in [6.07, 6.45) is 2.52. The Hall–Kier alpha value is -5.72. The highest BCUT2D eigenvalue weighted by atomic mass is 14.3. The van der Waals surface area contributed by atoms with Crippen molar-refractivity contribution in [1.82, 2.24) is 0 Å². The molecule has 8 aromatic rings. The fourth-order valence-corrected chi connectivity index (χ4v) is 8.26. The molecule has 0 N–H and O–H groups in total. The quantitative estimate of drug-likeness (QED) is 0.159. The van der Waals surface area contributed by atoms with Gasteiger partial charge in [0.25, 0.3) is 0 Å². The molecule has 0 heteroatoms. The van der Waals surface area contributed by atoms with Gasteiger partial charge in [-0.05, 0) is 139 Å². The predicted molar refractivity (Wildman–Crippen MR) is 215 cm³/mol. The highest BCUT2D eigenvalue weighted by Gasteiger charge is 2.30. The highest BCUT2D eigenvalue weighted by molar-refractivity contribution is 6.14. The minimum Gasteiger partial charge on any atom is -0.0620 e. The fraction of sp³-hybridized carbons (Fsp3) is 0.120. The Morgan fingerprint density at radius 1 is 0.380 bits per heavy atom. The van der Waals surface area contributed by atoms with E-state index in [0.29, 0.717) is 5.92 Å². The van der Waals surface area contributed by atoms with E-state index >= 15 is 0 Å². The van der Waals surface area contributed by atoms with Crippen molar-refractivity contribution < 1.29 is 0 Å². The van der Waals surface area contributed by atoms with E-state index < -0.39 is 0 Å². The summed E-state index contributed by atoms with van der Waals surface area (Å²) in [6.45, 7) is 6.71. The molecule has 0 atom stereocenters. The lowest BCUT2D eigenvalue weighted by molar-refractivity contribution is 1.14. The first-order valence-corrected chi connectivity index (χ1v) is 18.0. The average Bonchev–Trinajstić information content (AvgIpc) is 4.01. The summed E-state index contributed by atoms with van der Waals surface area (Å²) in [6, 6.07) is 58.6. The van der Waals surface area contributed by atoms with Gasteiger partial charge in [0.1, 0.15) is 0 Å². The van der Waals surface area contributed by atoms with Gasteiger partial charge in [0.15, 0.2) is 0 Å². The Morgan fingerprint density at radius 3 is 1.62 bits per heavy atom. The number of rotatable bonds is 6. The Kier molecular flexibility index (Phi) is 7.47. The van der Waals surface area contributed by atoms with E-state index in [1.54, 1.807) is 0 Å². The fourth-order valence-electron chi connectivity index (χ4n) is 8.26. The summed E-state index contributed by atoms with van der Waals surface area (Å²) >= 11 is 0. The molecule has 0 aromatic heterocycles. The summed E-state index contributed by atoms with van der Waals surface area (Å²) < 4.78 is 0. The minimum atomic E-state index is 0.609. The summed E-state index contributed by atoms with van der Waals surface area (Å²) in [7, 11) is 0. The second kappa shape index (κ2) is 12.3. The Labute approximate surface area is 295 Å². The summed E-state index contributed by atoms with van der Waals surface area (Å²) in [5, 5.41) is 5.35. The lowest BCUT2D eigenvalue weighted by Crippen LogP contribution is -1.95. The van der Waals surface area contributed by atoms with Gasteiger partial charge < -0.3 is 0 Å². The molecule has 50 heavy (non-hydrogen) atoms. The molecular weight excluding hydrogens is 601 g/mol. The van der Waals surface area contributed by atoms with Crippen LogP contribution in [0.25, 0.3) is 77.2 Å². The molecule has 0 amide bonds. The smallest absolute Gasteiger partial charge is 0.00696 e. The van der Waals surface area contributed by atoms with Crippen molar-refractivity contribution >= 4 is 21.5 Å². The van der Waals surface area contributed by atoms with Gasteiger partial charge in [-0.3, -0.25) is 0 Å². The third kappa shape index (κ3) is 5.24. The molecule has 0 aliphatic heterocycles. The monoisotopic (exact) mass is 640 g/mol. The van der Waals surface area contributed by atoms with Crippen LogP contribution in [0.5, 0.6) is 0 Å². The van der Waals surface area contributed by atoms with Gasteiger partial charge in [-0.2, -0.15) is 0 Å². The van der Waals surface area contributed by atoms with Crippen molar-refractivity contribution in [3.63, 3.8) is 0 Å². The van der Waals surface area contributed by atoms with Crippen molar-refractivity contribution in [3.8, 4) is 55.6 Å². The molecule has 1 fully saturated rings. The largest absolute Gasteiger partial charge is 0.0620 e. The highest BCUT2D eigenvalue weighted by Crippen LogP contribution is 2.50. The molecular formula is C50H40. The van der Waals surface area contributed by atoms with Gasteiger partial charge in [-0.1, -0.05) is 158 Å². The van der Waals surface area contributed by atoms with Crippen LogP contribution in [-0.4, -0.2) is 0 Å².